The number of amides is 2. The molecular formula is C22H19N3O5. The molecular weight excluding hydrogens is 386 g/mol. The van der Waals surface area contributed by atoms with Crippen molar-refractivity contribution in [1.82, 2.24) is 4.98 Å². The van der Waals surface area contributed by atoms with Crippen LogP contribution in [0.3, 0.4) is 0 Å². The van der Waals surface area contributed by atoms with E-state index in [4.69, 9.17) is 9.47 Å². The van der Waals surface area contributed by atoms with Crippen molar-refractivity contribution < 1.29 is 23.9 Å². The van der Waals surface area contributed by atoms with E-state index in [1.54, 1.807) is 55.6 Å². The monoisotopic (exact) mass is 405 g/mol. The Morgan fingerprint density at radius 3 is 2.03 bits per heavy atom. The topological polar surface area (TPSA) is 107 Å². The third-order valence-electron chi connectivity index (χ3n) is 4.03. The molecule has 0 saturated carbocycles. The third-order valence-corrected chi connectivity index (χ3v) is 4.03. The Bertz CT molecular complexity index is 1020. The third kappa shape index (κ3) is 5.65. The first-order valence-corrected chi connectivity index (χ1v) is 8.97. The van der Waals surface area contributed by atoms with Crippen molar-refractivity contribution in [3.8, 4) is 5.75 Å². The summed E-state index contributed by atoms with van der Waals surface area (Å²) < 4.78 is 10.0. The molecule has 0 bridgehead atoms. The molecule has 3 rings (SSSR count). The summed E-state index contributed by atoms with van der Waals surface area (Å²) >= 11 is 0. The van der Waals surface area contributed by atoms with Gasteiger partial charge in [0.05, 0.1) is 12.7 Å². The summed E-state index contributed by atoms with van der Waals surface area (Å²) in [5.74, 6) is -0.699. The van der Waals surface area contributed by atoms with Crippen molar-refractivity contribution >= 4 is 29.2 Å². The van der Waals surface area contributed by atoms with Crippen molar-refractivity contribution in [2.75, 3.05) is 24.4 Å². The van der Waals surface area contributed by atoms with E-state index in [0.717, 1.165) is 0 Å². The molecule has 8 nitrogen and oxygen atoms in total. The van der Waals surface area contributed by atoms with Gasteiger partial charge in [0, 0.05) is 29.3 Å². The smallest absolute Gasteiger partial charge is 0.338 e. The molecule has 1 heterocycles. The molecule has 0 unspecified atom stereocenters. The second-order valence-electron chi connectivity index (χ2n) is 6.12. The average molecular weight is 405 g/mol. The summed E-state index contributed by atoms with van der Waals surface area (Å²) in [4.78, 5) is 39.9. The Morgan fingerprint density at radius 2 is 1.40 bits per heavy atom. The van der Waals surface area contributed by atoms with Gasteiger partial charge in [0.1, 0.15) is 5.75 Å². The molecule has 152 valence electrons. The molecule has 0 saturated heterocycles. The van der Waals surface area contributed by atoms with E-state index in [2.05, 4.69) is 15.6 Å². The number of ether oxygens (including phenoxy) is 2. The number of nitrogens with one attached hydrogen (secondary N) is 2. The fourth-order valence-corrected chi connectivity index (χ4v) is 2.48. The number of aromatic nitrogens is 1. The zero-order valence-electron chi connectivity index (χ0n) is 16.1. The van der Waals surface area contributed by atoms with E-state index in [0.29, 0.717) is 28.3 Å². The van der Waals surface area contributed by atoms with Crippen LogP contribution in [0.25, 0.3) is 0 Å². The summed E-state index contributed by atoms with van der Waals surface area (Å²) in [5.41, 5.74) is 1.84. The number of pyridine rings is 1. The highest BCUT2D eigenvalue weighted by molar-refractivity contribution is 6.04. The van der Waals surface area contributed by atoms with Crippen LogP contribution in [0, 0.1) is 0 Å². The molecule has 0 spiro atoms. The Kier molecular flexibility index (Phi) is 6.73. The molecule has 0 radical (unpaired) electrons. The van der Waals surface area contributed by atoms with Gasteiger partial charge in [-0.25, -0.2) is 4.79 Å². The van der Waals surface area contributed by atoms with Gasteiger partial charge in [-0.2, -0.15) is 0 Å². The van der Waals surface area contributed by atoms with Crippen LogP contribution in [0.5, 0.6) is 5.75 Å². The number of esters is 1. The van der Waals surface area contributed by atoms with Crippen LogP contribution < -0.4 is 15.4 Å². The first-order chi connectivity index (χ1) is 14.5. The Morgan fingerprint density at radius 1 is 0.800 bits per heavy atom. The van der Waals surface area contributed by atoms with Gasteiger partial charge in [-0.15, -0.1) is 0 Å². The van der Waals surface area contributed by atoms with Crippen LogP contribution in [-0.4, -0.2) is 36.5 Å². The van der Waals surface area contributed by atoms with Crippen molar-refractivity contribution in [3.63, 3.8) is 0 Å². The minimum absolute atomic E-state index is 0.288. The van der Waals surface area contributed by atoms with E-state index >= 15 is 0 Å². The highest BCUT2D eigenvalue weighted by atomic mass is 16.5. The second-order valence-corrected chi connectivity index (χ2v) is 6.12. The quantitative estimate of drug-likeness (QED) is 0.585. The number of carbonyl (C=O) groups is 3. The van der Waals surface area contributed by atoms with E-state index in [9.17, 15) is 14.4 Å². The van der Waals surface area contributed by atoms with Gasteiger partial charge in [-0.1, -0.05) is 0 Å². The minimum atomic E-state index is -0.613. The van der Waals surface area contributed by atoms with Crippen molar-refractivity contribution in [1.29, 1.82) is 0 Å². The Hall–Kier alpha value is -4.20. The van der Waals surface area contributed by atoms with Gasteiger partial charge in [-0.3, -0.25) is 14.6 Å². The lowest BCUT2D eigenvalue weighted by Crippen LogP contribution is -2.21. The molecule has 0 aliphatic heterocycles. The predicted octanol–water partition coefficient (Wildman–Crippen LogP) is 3.14. The summed E-state index contributed by atoms with van der Waals surface area (Å²) in [6, 6.07) is 16.3. The number of anilines is 2. The van der Waals surface area contributed by atoms with Gasteiger partial charge in [0.2, 0.25) is 0 Å². The standard InChI is InChI=1S/C22H19N3O5/c1-29-19-8-6-18(7-9-19)25-21(27)15-2-4-17(5-3-15)24-20(26)14-30-22(28)16-10-12-23-13-11-16/h2-13H,14H2,1H3,(H,24,26)(H,25,27). The average Bonchev–Trinajstić information content (AvgIpc) is 2.79. The van der Waals surface area contributed by atoms with E-state index < -0.39 is 18.5 Å². The van der Waals surface area contributed by atoms with Crippen LogP contribution >= 0.6 is 0 Å². The number of hydrogen-bond donors (Lipinski definition) is 2. The number of nitrogens with zero attached hydrogens (tertiary/aromatic N) is 1. The van der Waals surface area contributed by atoms with Gasteiger partial charge >= 0.3 is 5.97 Å². The van der Waals surface area contributed by atoms with Crippen molar-refractivity contribution in [2.24, 2.45) is 0 Å². The number of benzene rings is 2. The largest absolute Gasteiger partial charge is 0.497 e. The van der Waals surface area contributed by atoms with Gasteiger partial charge in [0.15, 0.2) is 6.61 Å². The molecule has 0 aliphatic rings. The SMILES string of the molecule is COc1ccc(NC(=O)c2ccc(NC(=O)COC(=O)c3ccncc3)cc2)cc1. The van der Waals surface area contributed by atoms with Gasteiger partial charge in [0.25, 0.3) is 11.8 Å². The highest BCUT2D eigenvalue weighted by Crippen LogP contribution is 2.17. The number of methoxy groups -OCH3 is 1. The van der Waals surface area contributed by atoms with E-state index in [-0.39, 0.29) is 5.91 Å². The summed E-state index contributed by atoms with van der Waals surface area (Å²) in [7, 11) is 1.57. The van der Waals surface area contributed by atoms with E-state index in [1.165, 1.54) is 24.5 Å². The molecule has 3 aromatic rings. The molecule has 1 aromatic heterocycles. The van der Waals surface area contributed by atoms with Crippen LogP contribution in [0.4, 0.5) is 11.4 Å². The maximum absolute atomic E-state index is 12.3. The minimum Gasteiger partial charge on any atom is -0.497 e. The van der Waals surface area contributed by atoms with Crippen LogP contribution in [0.2, 0.25) is 0 Å². The number of hydrogen-bond acceptors (Lipinski definition) is 6. The first-order valence-electron chi connectivity index (χ1n) is 8.97. The lowest BCUT2D eigenvalue weighted by Gasteiger charge is -2.09. The molecule has 2 aromatic carbocycles. The van der Waals surface area contributed by atoms with Gasteiger partial charge in [-0.05, 0) is 60.7 Å². The molecule has 8 heteroatoms. The predicted molar refractivity (Wildman–Crippen MR) is 111 cm³/mol. The fourth-order valence-electron chi connectivity index (χ4n) is 2.48. The lowest BCUT2D eigenvalue weighted by molar-refractivity contribution is -0.119. The first kappa shape index (κ1) is 20.5. The maximum atomic E-state index is 12.3. The Labute approximate surface area is 172 Å². The van der Waals surface area contributed by atoms with Crippen LogP contribution in [0.1, 0.15) is 20.7 Å². The van der Waals surface area contributed by atoms with E-state index in [1.807, 2.05) is 0 Å². The fraction of sp³-hybridized carbons (Fsp3) is 0.0909. The molecule has 0 fully saturated rings. The zero-order chi connectivity index (χ0) is 21.3. The maximum Gasteiger partial charge on any atom is 0.338 e. The molecule has 0 aliphatic carbocycles. The molecule has 2 N–H and O–H groups in total. The van der Waals surface area contributed by atoms with Crippen molar-refractivity contribution in [2.45, 2.75) is 0 Å². The lowest BCUT2D eigenvalue weighted by atomic mass is 10.2. The van der Waals surface area contributed by atoms with Crippen LogP contribution in [-0.2, 0) is 9.53 Å². The second kappa shape index (κ2) is 9.83. The number of rotatable bonds is 7. The van der Waals surface area contributed by atoms with Crippen LogP contribution in [0.15, 0.2) is 73.1 Å². The number of carbonyl (C=O) groups excluding carboxylic acids is 3. The molecule has 30 heavy (non-hydrogen) atoms. The summed E-state index contributed by atoms with van der Waals surface area (Å²) in [5, 5.41) is 5.38. The normalized spacial score (nSPS) is 10.0. The van der Waals surface area contributed by atoms with Gasteiger partial charge < -0.3 is 20.1 Å². The van der Waals surface area contributed by atoms with Crippen molar-refractivity contribution in [3.05, 3.63) is 84.2 Å². The summed E-state index contributed by atoms with van der Waals surface area (Å²) in [6.45, 7) is -0.430. The Balaban J connectivity index is 1.50. The molecule has 0 atom stereocenters. The highest BCUT2D eigenvalue weighted by Gasteiger charge is 2.11. The molecule has 2 amide bonds. The zero-order valence-corrected chi connectivity index (χ0v) is 16.1. The summed E-state index contributed by atoms with van der Waals surface area (Å²) in [6.07, 6.45) is 2.92.